The lowest BCUT2D eigenvalue weighted by Gasteiger charge is -2.42. The van der Waals surface area contributed by atoms with Crippen molar-refractivity contribution in [3.05, 3.63) is 47.3 Å². The number of phenolic OH excluding ortho intramolecular Hbond substituents is 1. The zero-order valence-corrected chi connectivity index (χ0v) is 22.5. The Morgan fingerprint density at radius 2 is 2.15 bits per heavy atom. The number of aromatic hydroxyl groups is 1. The van der Waals surface area contributed by atoms with Gasteiger partial charge in [-0.3, -0.25) is 9.59 Å². The molecule has 2 fully saturated rings. The first-order chi connectivity index (χ1) is 18.7. The Balaban J connectivity index is 1.66. The number of rotatable bonds is 5. The number of anilines is 1. The lowest BCUT2D eigenvalue weighted by atomic mass is 10.0. The van der Waals surface area contributed by atoms with Gasteiger partial charge in [0.25, 0.3) is 5.91 Å². The van der Waals surface area contributed by atoms with Gasteiger partial charge in [0, 0.05) is 33.3 Å². The van der Waals surface area contributed by atoms with Crippen LogP contribution in [-0.2, 0) is 14.3 Å². The summed E-state index contributed by atoms with van der Waals surface area (Å²) in [5.41, 5.74) is -0.792. The lowest BCUT2D eigenvalue weighted by molar-refractivity contribution is -0.128. The van der Waals surface area contributed by atoms with Crippen molar-refractivity contribution < 1.29 is 33.3 Å². The molecule has 2 atom stereocenters. The van der Waals surface area contributed by atoms with Gasteiger partial charge in [-0.05, 0) is 25.1 Å². The van der Waals surface area contributed by atoms with Crippen LogP contribution < -0.4 is 9.64 Å². The number of carbonyl (C=O) groups excluding carboxylic acids is 2. The molecule has 0 spiro atoms. The molecule has 208 valence electrons. The van der Waals surface area contributed by atoms with Crippen LogP contribution in [-0.4, -0.2) is 103 Å². The molecule has 1 aromatic heterocycles. The van der Waals surface area contributed by atoms with Gasteiger partial charge in [0.1, 0.15) is 45.9 Å². The van der Waals surface area contributed by atoms with E-state index in [0.29, 0.717) is 32.8 Å². The van der Waals surface area contributed by atoms with Gasteiger partial charge in [0.05, 0.1) is 31.4 Å². The zero-order valence-electron chi connectivity index (χ0n) is 21.8. The Kier molecular flexibility index (Phi) is 7.41. The molecular weight excluding hydrogens is 531 g/mol. The van der Waals surface area contributed by atoms with E-state index in [4.69, 9.17) is 30.8 Å². The minimum atomic E-state index is -0.725. The number of aromatic nitrogens is 1. The molecule has 3 aliphatic rings. The number of piperazine rings is 1. The third-order valence-corrected chi connectivity index (χ3v) is 7.60. The summed E-state index contributed by atoms with van der Waals surface area (Å²) in [5.74, 6) is -1.36. The SMILES string of the molecule is C=CC(=O)N1CCN2C(=O)c3c(N4CCOC(C)(COC)C4)nc(-c4c(O)cccc4F)c(Cl)c3OC[C@H]2C1. The molecule has 5 rings (SSSR count). The average Bonchev–Trinajstić information content (AvgIpc) is 3.06. The maximum atomic E-state index is 15.0. The number of phenols is 1. The first-order valence-corrected chi connectivity index (χ1v) is 13.0. The molecule has 1 N–H and O–H groups in total. The van der Waals surface area contributed by atoms with Crippen LogP contribution in [0.15, 0.2) is 30.9 Å². The highest BCUT2D eigenvalue weighted by Crippen LogP contribution is 2.46. The predicted molar refractivity (Wildman–Crippen MR) is 142 cm³/mol. The summed E-state index contributed by atoms with van der Waals surface area (Å²) in [7, 11) is 1.58. The number of methoxy groups -OCH3 is 1. The molecule has 2 aromatic rings. The summed E-state index contributed by atoms with van der Waals surface area (Å²) in [4.78, 5) is 36.2. The molecule has 1 unspecified atom stereocenters. The molecule has 10 nitrogen and oxygen atoms in total. The van der Waals surface area contributed by atoms with E-state index in [1.54, 1.807) is 16.9 Å². The van der Waals surface area contributed by atoms with E-state index in [9.17, 15) is 14.7 Å². The van der Waals surface area contributed by atoms with E-state index in [0.717, 1.165) is 0 Å². The molecule has 1 aromatic carbocycles. The minimum absolute atomic E-state index is 0.0444. The molecule has 2 amide bonds. The molecule has 4 heterocycles. The topological polar surface area (TPSA) is 105 Å². The van der Waals surface area contributed by atoms with E-state index >= 15 is 4.39 Å². The molecule has 0 bridgehead atoms. The highest BCUT2D eigenvalue weighted by molar-refractivity contribution is 6.35. The number of pyridine rings is 1. The Morgan fingerprint density at radius 3 is 2.87 bits per heavy atom. The molecule has 0 saturated carbocycles. The van der Waals surface area contributed by atoms with Gasteiger partial charge in [0.2, 0.25) is 5.91 Å². The normalized spacial score (nSPS) is 23.0. The fourth-order valence-corrected chi connectivity index (χ4v) is 5.71. The minimum Gasteiger partial charge on any atom is -0.507 e. The van der Waals surface area contributed by atoms with Crippen molar-refractivity contribution in [2.75, 3.05) is 64.6 Å². The average molecular weight is 561 g/mol. The number of nitrogens with zero attached hydrogens (tertiary/aromatic N) is 4. The number of fused-ring (bicyclic) bond motifs is 2. The van der Waals surface area contributed by atoms with Gasteiger partial charge < -0.3 is 34.0 Å². The first-order valence-electron chi connectivity index (χ1n) is 12.6. The second-order valence-electron chi connectivity index (χ2n) is 10.0. The standard InChI is InChI=1S/C27H30ClFN4O6/c1-4-19(35)31-8-9-33-16(12-31)13-38-24-21(26(33)36)25(32-10-11-39-27(2,14-32)15-37-3)30-23(22(24)28)20-17(29)6-5-7-18(20)34/h4-7,16,34H,1,8-15H2,2-3H3/t16-,27?/m1/s1. The number of benzene rings is 1. The second-order valence-corrected chi connectivity index (χ2v) is 10.4. The molecule has 0 aliphatic carbocycles. The van der Waals surface area contributed by atoms with E-state index in [1.165, 1.54) is 24.3 Å². The van der Waals surface area contributed by atoms with Crippen molar-refractivity contribution >= 4 is 29.2 Å². The van der Waals surface area contributed by atoms with Gasteiger partial charge in [-0.25, -0.2) is 9.37 Å². The Bertz CT molecular complexity index is 1300. The number of carbonyl (C=O) groups is 2. The molecule has 12 heteroatoms. The number of hydrogen-bond acceptors (Lipinski definition) is 8. The summed E-state index contributed by atoms with van der Waals surface area (Å²) < 4.78 is 32.5. The number of morpholine rings is 1. The maximum Gasteiger partial charge on any atom is 0.261 e. The fourth-order valence-electron chi connectivity index (χ4n) is 5.42. The Labute approximate surface area is 230 Å². The zero-order chi connectivity index (χ0) is 27.9. The van der Waals surface area contributed by atoms with Crippen LogP contribution in [0.1, 0.15) is 17.3 Å². The van der Waals surface area contributed by atoms with E-state index in [2.05, 4.69) is 6.58 Å². The van der Waals surface area contributed by atoms with E-state index < -0.39 is 17.5 Å². The van der Waals surface area contributed by atoms with Gasteiger partial charge in [-0.15, -0.1) is 0 Å². The van der Waals surface area contributed by atoms with Crippen LogP contribution in [0.4, 0.5) is 10.2 Å². The van der Waals surface area contributed by atoms with Crippen LogP contribution in [0.2, 0.25) is 5.02 Å². The monoisotopic (exact) mass is 560 g/mol. The highest BCUT2D eigenvalue weighted by Gasteiger charge is 2.42. The van der Waals surface area contributed by atoms with E-state index in [-0.39, 0.29) is 70.7 Å². The van der Waals surface area contributed by atoms with Crippen LogP contribution in [0.5, 0.6) is 11.5 Å². The molecule has 2 saturated heterocycles. The van der Waals surface area contributed by atoms with Crippen LogP contribution in [0, 0.1) is 5.82 Å². The largest absolute Gasteiger partial charge is 0.507 e. The third-order valence-electron chi connectivity index (χ3n) is 7.25. The van der Waals surface area contributed by atoms with Crippen molar-refractivity contribution in [2.24, 2.45) is 0 Å². The van der Waals surface area contributed by atoms with Crippen LogP contribution in [0.25, 0.3) is 11.3 Å². The molecular formula is C27H30ClFN4O6. The Morgan fingerprint density at radius 1 is 1.36 bits per heavy atom. The first kappa shape index (κ1) is 27.2. The van der Waals surface area contributed by atoms with Crippen LogP contribution in [0.3, 0.4) is 0 Å². The Hall–Kier alpha value is -3.41. The summed E-state index contributed by atoms with van der Waals surface area (Å²) in [6.07, 6.45) is 1.24. The lowest BCUT2D eigenvalue weighted by Crippen LogP contribution is -2.57. The highest BCUT2D eigenvalue weighted by atomic mass is 35.5. The van der Waals surface area contributed by atoms with Gasteiger partial charge in [0.15, 0.2) is 5.75 Å². The smallest absolute Gasteiger partial charge is 0.261 e. The van der Waals surface area contributed by atoms with Crippen molar-refractivity contribution in [3.8, 4) is 22.8 Å². The van der Waals surface area contributed by atoms with E-state index in [1.807, 2.05) is 11.8 Å². The van der Waals surface area contributed by atoms with Crippen molar-refractivity contribution in [2.45, 2.75) is 18.6 Å². The van der Waals surface area contributed by atoms with Crippen molar-refractivity contribution in [3.63, 3.8) is 0 Å². The van der Waals surface area contributed by atoms with Gasteiger partial charge >= 0.3 is 0 Å². The number of amides is 2. The number of hydrogen-bond donors (Lipinski definition) is 1. The van der Waals surface area contributed by atoms with Crippen molar-refractivity contribution in [1.82, 2.24) is 14.8 Å². The van der Waals surface area contributed by atoms with Gasteiger partial charge in [-0.1, -0.05) is 24.2 Å². The van der Waals surface area contributed by atoms with Crippen LogP contribution >= 0.6 is 11.6 Å². The summed E-state index contributed by atoms with van der Waals surface area (Å²) >= 11 is 6.78. The molecule has 39 heavy (non-hydrogen) atoms. The summed E-state index contributed by atoms with van der Waals surface area (Å²) in [6, 6.07) is 3.46. The summed E-state index contributed by atoms with van der Waals surface area (Å²) in [6.45, 7) is 7.72. The third kappa shape index (κ3) is 4.90. The molecule has 0 radical (unpaired) electrons. The summed E-state index contributed by atoms with van der Waals surface area (Å²) in [5, 5.41) is 10.5. The quantitative estimate of drug-likeness (QED) is 0.557. The van der Waals surface area contributed by atoms with Gasteiger partial charge in [-0.2, -0.15) is 0 Å². The fraction of sp³-hybridized carbons (Fsp3) is 0.444. The van der Waals surface area contributed by atoms with Crippen molar-refractivity contribution in [1.29, 1.82) is 0 Å². The predicted octanol–water partition coefficient (Wildman–Crippen LogP) is 2.72. The molecule has 3 aliphatic heterocycles. The number of halogens is 2. The number of ether oxygens (including phenoxy) is 3. The second kappa shape index (κ2) is 10.6. The maximum absolute atomic E-state index is 15.0.